The molecule has 0 aliphatic carbocycles. The number of hydrogen-bond donors (Lipinski definition) is 1. The summed E-state index contributed by atoms with van der Waals surface area (Å²) in [6.07, 6.45) is 1.73. The van der Waals surface area contributed by atoms with Gasteiger partial charge in [0.15, 0.2) is 11.5 Å². The maximum atomic E-state index is 13.1. The second-order valence-corrected chi connectivity index (χ2v) is 9.52. The molecule has 0 radical (unpaired) electrons. The van der Waals surface area contributed by atoms with Gasteiger partial charge in [-0.2, -0.15) is 0 Å². The highest BCUT2D eigenvalue weighted by atomic mass is 32.2. The molecule has 0 spiro atoms. The maximum Gasteiger partial charge on any atom is 0.244 e. The van der Waals surface area contributed by atoms with Crippen LogP contribution in [0.3, 0.4) is 0 Å². The quantitative estimate of drug-likeness (QED) is 0.632. The lowest BCUT2D eigenvalue weighted by Crippen LogP contribution is -2.48. The van der Waals surface area contributed by atoms with Gasteiger partial charge in [0.25, 0.3) is 0 Å². The van der Waals surface area contributed by atoms with Crippen molar-refractivity contribution in [2.24, 2.45) is 0 Å². The van der Waals surface area contributed by atoms with Crippen LogP contribution in [0.4, 0.5) is 5.69 Å². The zero-order chi connectivity index (χ0) is 23.3. The Labute approximate surface area is 185 Å². The van der Waals surface area contributed by atoms with E-state index in [0.29, 0.717) is 23.6 Å². The summed E-state index contributed by atoms with van der Waals surface area (Å²) in [6.45, 7) is 7.33. The normalized spacial score (nSPS) is 13.3. The van der Waals surface area contributed by atoms with Crippen molar-refractivity contribution in [3.8, 4) is 11.5 Å². The summed E-state index contributed by atoms with van der Waals surface area (Å²) in [5.74, 6) is 0.777. The fourth-order valence-corrected chi connectivity index (χ4v) is 4.83. The zero-order valence-corrected chi connectivity index (χ0v) is 20.0. The first-order valence-electron chi connectivity index (χ1n) is 10.1. The van der Waals surface area contributed by atoms with Crippen LogP contribution in [-0.2, 0) is 14.8 Å². The summed E-state index contributed by atoms with van der Waals surface area (Å²) in [4.78, 5) is 13.1. The van der Waals surface area contributed by atoms with Gasteiger partial charge in [-0.3, -0.25) is 9.10 Å². The predicted octanol–water partition coefficient (Wildman–Crippen LogP) is 3.74. The minimum Gasteiger partial charge on any atom is -0.493 e. The van der Waals surface area contributed by atoms with Gasteiger partial charge in [0, 0.05) is 0 Å². The minimum absolute atomic E-state index is 0.310. The van der Waals surface area contributed by atoms with Gasteiger partial charge in [0.2, 0.25) is 15.9 Å². The van der Waals surface area contributed by atoms with E-state index in [-0.39, 0.29) is 11.9 Å². The molecule has 2 aromatic rings. The number of ether oxygens (including phenoxy) is 2. The predicted molar refractivity (Wildman–Crippen MR) is 123 cm³/mol. The van der Waals surface area contributed by atoms with Gasteiger partial charge >= 0.3 is 0 Å². The first-order chi connectivity index (χ1) is 14.5. The number of carbonyl (C=O) groups excluding carboxylic acids is 1. The molecule has 2 atom stereocenters. The Balaban J connectivity index is 2.34. The van der Waals surface area contributed by atoms with Crippen LogP contribution in [0.1, 0.15) is 43.0 Å². The highest BCUT2D eigenvalue weighted by molar-refractivity contribution is 7.92. The summed E-state index contributed by atoms with van der Waals surface area (Å²) in [5, 5.41) is 2.98. The summed E-state index contributed by atoms with van der Waals surface area (Å²) >= 11 is 0. The number of nitrogens with one attached hydrogen (secondary N) is 1. The van der Waals surface area contributed by atoms with Gasteiger partial charge in [-0.1, -0.05) is 19.1 Å². The van der Waals surface area contributed by atoms with Crippen LogP contribution in [0.2, 0.25) is 0 Å². The van der Waals surface area contributed by atoms with Crippen molar-refractivity contribution in [1.29, 1.82) is 0 Å². The molecule has 0 aromatic heterocycles. The van der Waals surface area contributed by atoms with Crippen molar-refractivity contribution in [2.45, 2.75) is 46.2 Å². The van der Waals surface area contributed by atoms with Crippen LogP contribution >= 0.6 is 0 Å². The largest absolute Gasteiger partial charge is 0.493 e. The van der Waals surface area contributed by atoms with Crippen LogP contribution in [0.5, 0.6) is 11.5 Å². The van der Waals surface area contributed by atoms with Crippen LogP contribution in [-0.4, -0.2) is 40.8 Å². The van der Waals surface area contributed by atoms with E-state index in [0.717, 1.165) is 22.9 Å². The monoisotopic (exact) mass is 448 g/mol. The molecular formula is C23H32N2O5S. The number of sulfonamides is 1. The second kappa shape index (κ2) is 10.0. The second-order valence-electron chi connectivity index (χ2n) is 7.66. The third kappa shape index (κ3) is 5.91. The summed E-state index contributed by atoms with van der Waals surface area (Å²) in [7, 11) is -0.573. The Bertz CT molecular complexity index is 1020. The summed E-state index contributed by atoms with van der Waals surface area (Å²) in [6, 6.07) is 9.71. The molecule has 0 bridgehead atoms. The first-order valence-corrected chi connectivity index (χ1v) is 12.0. The maximum absolute atomic E-state index is 13.1. The Morgan fingerprint density at radius 3 is 2.10 bits per heavy atom. The lowest BCUT2D eigenvalue weighted by atomic mass is 10.0. The highest BCUT2D eigenvalue weighted by Gasteiger charge is 2.30. The smallest absolute Gasteiger partial charge is 0.244 e. The fourth-order valence-electron chi connectivity index (χ4n) is 3.67. The van der Waals surface area contributed by atoms with Crippen molar-refractivity contribution in [3.63, 3.8) is 0 Å². The van der Waals surface area contributed by atoms with Gasteiger partial charge in [0.05, 0.1) is 32.2 Å². The van der Waals surface area contributed by atoms with Gasteiger partial charge in [-0.05, 0) is 68.1 Å². The molecule has 0 unspecified atom stereocenters. The van der Waals surface area contributed by atoms with Gasteiger partial charge in [-0.25, -0.2) is 8.42 Å². The number of amides is 1. The molecule has 31 heavy (non-hydrogen) atoms. The SMILES string of the molecule is CC[C@@H](NC(=O)[C@H](C)N(c1cc(C)cc(C)c1)S(C)(=O)=O)c1ccc(OC)c(OC)c1. The van der Waals surface area contributed by atoms with Gasteiger partial charge in [0.1, 0.15) is 6.04 Å². The number of carbonyl (C=O) groups is 1. The Morgan fingerprint density at radius 2 is 1.61 bits per heavy atom. The van der Waals surface area contributed by atoms with Crippen molar-refractivity contribution < 1.29 is 22.7 Å². The molecule has 2 rings (SSSR count). The zero-order valence-electron chi connectivity index (χ0n) is 19.2. The Hall–Kier alpha value is -2.74. The standard InChI is InChI=1S/C23H32N2O5S/c1-8-20(18-9-10-21(29-5)22(14-18)30-6)24-23(26)17(4)25(31(7,27)28)19-12-15(2)11-16(3)13-19/h9-14,17,20H,8H2,1-7H3,(H,24,26)/t17-,20+/m0/s1. The van der Waals surface area contributed by atoms with E-state index in [1.165, 1.54) is 4.31 Å². The van der Waals surface area contributed by atoms with E-state index in [1.54, 1.807) is 39.3 Å². The van der Waals surface area contributed by atoms with Crippen molar-refractivity contribution in [2.75, 3.05) is 24.8 Å². The molecule has 1 amide bonds. The molecule has 8 heteroatoms. The average molecular weight is 449 g/mol. The van der Waals surface area contributed by atoms with E-state index < -0.39 is 16.1 Å². The molecule has 7 nitrogen and oxygen atoms in total. The number of rotatable bonds is 9. The molecule has 1 N–H and O–H groups in total. The topological polar surface area (TPSA) is 84.9 Å². The molecule has 170 valence electrons. The number of hydrogen-bond acceptors (Lipinski definition) is 5. The van der Waals surface area contributed by atoms with E-state index in [2.05, 4.69) is 5.32 Å². The molecule has 2 aromatic carbocycles. The Morgan fingerprint density at radius 1 is 1.03 bits per heavy atom. The van der Waals surface area contributed by atoms with E-state index >= 15 is 0 Å². The number of aryl methyl sites for hydroxylation is 2. The average Bonchev–Trinajstić information content (AvgIpc) is 2.69. The van der Waals surface area contributed by atoms with E-state index in [4.69, 9.17) is 9.47 Å². The molecular weight excluding hydrogens is 416 g/mol. The van der Waals surface area contributed by atoms with E-state index in [1.807, 2.05) is 39.0 Å². The van der Waals surface area contributed by atoms with Crippen LogP contribution < -0.4 is 19.1 Å². The number of nitrogens with zero attached hydrogens (tertiary/aromatic N) is 1. The van der Waals surface area contributed by atoms with Crippen molar-refractivity contribution in [3.05, 3.63) is 53.1 Å². The molecule has 0 aliphatic rings. The summed E-state index contributed by atoms with van der Waals surface area (Å²) < 4.78 is 37.0. The molecule has 0 saturated heterocycles. The lowest BCUT2D eigenvalue weighted by Gasteiger charge is -2.30. The van der Waals surface area contributed by atoms with Crippen molar-refractivity contribution >= 4 is 21.6 Å². The molecule has 0 aliphatic heterocycles. The number of methoxy groups -OCH3 is 2. The Kier molecular flexibility index (Phi) is 7.95. The highest BCUT2D eigenvalue weighted by Crippen LogP contribution is 2.31. The third-order valence-corrected chi connectivity index (χ3v) is 6.33. The minimum atomic E-state index is -3.69. The fraction of sp³-hybridized carbons (Fsp3) is 0.435. The van der Waals surface area contributed by atoms with Crippen LogP contribution in [0.15, 0.2) is 36.4 Å². The van der Waals surface area contributed by atoms with Crippen molar-refractivity contribution in [1.82, 2.24) is 5.32 Å². The number of anilines is 1. The van der Waals surface area contributed by atoms with Gasteiger partial charge in [-0.15, -0.1) is 0 Å². The molecule has 0 fully saturated rings. The molecule has 0 heterocycles. The lowest BCUT2D eigenvalue weighted by molar-refractivity contribution is -0.122. The van der Waals surface area contributed by atoms with Crippen LogP contribution in [0.25, 0.3) is 0 Å². The number of benzene rings is 2. The van der Waals surface area contributed by atoms with Gasteiger partial charge < -0.3 is 14.8 Å². The first kappa shape index (κ1) is 24.5. The summed E-state index contributed by atoms with van der Waals surface area (Å²) in [5.41, 5.74) is 3.17. The van der Waals surface area contributed by atoms with Crippen LogP contribution in [0, 0.1) is 13.8 Å². The van der Waals surface area contributed by atoms with E-state index in [9.17, 15) is 13.2 Å². The third-order valence-electron chi connectivity index (χ3n) is 5.08. The molecule has 0 saturated carbocycles.